The lowest BCUT2D eigenvalue weighted by atomic mass is 10.0. The highest BCUT2D eigenvalue weighted by molar-refractivity contribution is 5.58. The molecule has 0 spiro atoms. The third kappa shape index (κ3) is 1.50. The molecule has 2 rings (SSSR count). The molecule has 0 aliphatic carbocycles. The summed E-state index contributed by atoms with van der Waals surface area (Å²) >= 11 is 0. The SMILES string of the molecule is CCC(O)c1ccc2c(c1)CCN2C. The fourth-order valence-corrected chi connectivity index (χ4v) is 2.03. The molecule has 0 saturated carbocycles. The lowest BCUT2D eigenvalue weighted by molar-refractivity contribution is 0.173. The molecule has 1 aromatic rings. The summed E-state index contributed by atoms with van der Waals surface area (Å²) < 4.78 is 0. The molecule has 1 aliphatic rings. The minimum atomic E-state index is -0.300. The van der Waals surface area contributed by atoms with Gasteiger partial charge in [-0.2, -0.15) is 0 Å². The maximum Gasteiger partial charge on any atom is 0.0787 e. The quantitative estimate of drug-likeness (QED) is 0.774. The van der Waals surface area contributed by atoms with Crippen LogP contribution in [-0.2, 0) is 6.42 Å². The minimum absolute atomic E-state index is 0.300. The summed E-state index contributed by atoms with van der Waals surface area (Å²) in [6.07, 6.45) is 1.59. The number of likely N-dealkylation sites (N-methyl/N-ethyl adjacent to an activating group) is 1. The third-order valence-corrected chi connectivity index (χ3v) is 3.00. The van der Waals surface area contributed by atoms with Crippen molar-refractivity contribution in [1.29, 1.82) is 0 Å². The first-order valence-corrected chi connectivity index (χ1v) is 5.24. The highest BCUT2D eigenvalue weighted by Crippen LogP contribution is 2.29. The zero-order valence-electron chi connectivity index (χ0n) is 8.83. The van der Waals surface area contributed by atoms with Gasteiger partial charge in [0.05, 0.1) is 6.10 Å². The van der Waals surface area contributed by atoms with Crippen molar-refractivity contribution in [2.45, 2.75) is 25.9 Å². The lowest BCUT2D eigenvalue weighted by Gasteiger charge is -2.13. The molecule has 0 amide bonds. The molecule has 76 valence electrons. The highest BCUT2D eigenvalue weighted by Gasteiger charge is 2.16. The van der Waals surface area contributed by atoms with E-state index in [0.717, 1.165) is 24.9 Å². The Morgan fingerprint density at radius 2 is 2.29 bits per heavy atom. The zero-order valence-corrected chi connectivity index (χ0v) is 8.83. The molecule has 1 aliphatic heterocycles. The van der Waals surface area contributed by atoms with Crippen molar-refractivity contribution in [3.05, 3.63) is 29.3 Å². The Hall–Kier alpha value is -1.02. The van der Waals surface area contributed by atoms with Crippen molar-refractivity contribution in [2.24, 2.45) is 0 Å². The molecular formula is C12H17NO. The number of nitrogens with zero attached hydrogens (tertiary/aromatic N) is 1. The topological polar surface area (TPSA) is 23.5 Å². The van der Waals surface area contributed by atoms with Crippen LogP contribution >= 0.6 is 0 Å². The number of anilines is 1. The molecule has 1 atom stereocenters. The van der Waals surface area contributed by atoms with Gasteiger partial charge in [-0.15, -0.1) is 0 Å². The van der Waals surface area contributed by atoms with Crippen LogP contribution in [0.3, 0.4) is 0 Å². The number of aliphatic hydroxyl groups is 1. The summed E-state index contributed by atoms with van der Waals surface area (Å²) in [7, 11) is 2.11. The van der Waals surface area contributed by atoms with E-state index in [0.29, 0.717) is 0 Å². The first-order chi connectivity index (χ1) is 6.72. The van der Waals surface area contributed by atoms with E-state index >= 15 is 0 Å². The normalized spacial score (nSPS) is 16.9. The minimum Gasteiger partial charge on any atom is -0.388 e. The van der Waals surface area contributed by atoms with Crippen LogP contribution in [0.25, 0.3) is 0 Å². The van der Waals surface area contributed by atoms with Gasteiger partial charge in [0.25, 0.3) is 0 Å². The van der Waals surface area contributed by atoms with E-state index in [1.54, 1.807) is 0 Å². The summed E-state index contributed by atoms with van der Waals surface area (Å²) in [5, 5.41) is 9.71. The maximum absolute atomic E-state index is 9.71. The molecule has 0 bridgehead atoms. The van der Waals surface area contributed by atoms with Gasteiger partial charge in [0.15, 0.2) is 0 Å². The predicted molar refractivity (Wildman–Crippen MR) is 58.7 cm³/mol. The zero-order chi connectivity index (χ0) is 10.1. The molecule has 1 unspecified atom stereocenters. The third-order valence-electron chi connectivity index (χ3n) is 3.00. The summed E-state index contributed by atoms with van der Waals surface area (Å²) in [4.78, 5) is 2.26. The highest BCUT2D eigenvalue weighted by atomic mass is 16.3. The standard InChI is InChI=1S/C12H17NO/c1-3-12(14)10-4-5-11-9(8-10)6-7-13(11)2/h4-5,8,12,14H,3,6-7H2,1-2H3. The molecule has 14 heavy (non-hydrogen) atoms. The fourth-order valence-electron chi connectivity index (χ4n) is 2.03. The molecule has 0 fully saturated rings. The molecule has 2 nitrogen and oxygen atoms in total. The van der Waals surface area contributed by atoms with E-state index in [1.165, 1.54) is 11.3 Å². The van der Waals surface area contributed by atoms with Gasteiger partial charge in [0.2, 0.25) is 0 Å². The molecule has 1 heterocycles. The summed E-state index contributed by atoms with van der Waals surface area (Å²) in [5.41, 5.74) is 3.75. The van der Waals surface area contributed by atoms with Crippen LogP contribution in [0.15, 0.2) is 18.2 Å². The Morgan fingerprint density at radius 1 is 1.50 bits per heavy atom. The van der Waals surface area contributed by atoms with Crippen LogP contribution in [-0.4, -0.2) is 18.7 Å². The van der Waals surface area contributed by atoms with E-state index in [9.17, 15) is 5.11 Å². The van der Waals surface area contributed by atoms with Gasteiger partial charge < -0.3 is 10.0 Å². The second-order valence-corrected chi connectivity index (χ2v) is 3.98. The largest absolute Gasteiger partial charge is 0.388 e. The molecular weight excluding hydrogens is 174 g/mol. The van der Waals surface area contributed by atoms with Gasteiger partial charge in [0, 0.05) is 19.3 Å². The number of rotatable bonds is 2. The van der Waals surface area contributed by atoms with Crippen molar-refractivity contribution in [1.82, 2.24) is 0 Å². The van der Waals surface area contributed by atoms with Crippen molar-refractivity contribution in [2.75, 3.05) is 18.5 Å². The molecule has 0 aromatic heterocycles. The molecule has 1 aromatic carbocycles. The van der Waals surface area contributed by atoms with Crippen molar-refractivity contribution < 1.29 is 5.11 Å². The fraction of sp³-hybridized carbons (Fsp3) is 0.500. The summed E-state index contributed by atoms with van der Waals surface area (Å²) in [6, 6.07) is 6.30. The predicted octanol–water partition coefficient (Wildman–Crippen LogP) is 2.12. The lowest BCUT2D eigenvalue weighted by Crippen LogP contribution is -2.12. The number of aliphatic hydroxyl groups excluding tert-OH is 1. The van der Waals surface area contributed by atoms with E-state index < -0.39 is 0 Å². The van der Waals surface area contributed by atoms with E-state index in [-0.39, 0.29) is 6.10 Å². The summed E-state index contributed by atoms with van der Waals surface area (Å²) in [6.45, 7) is 3.10. The number of fused-ring (bicyclic) bond motifs is 1. The number of hydrogen-bond acceptors (Lipinski definition) is 2. The van der Waals surface area contributed by atoms with Crippen LogP contribution in [0, 0.1) is 0 Å². The summed E-state index contributed by atoms with van der Waals surface area (Å²) in [5.74, 6) is 0. The van der Waals surface area contributed by atoms with Crippen molar-refractivity contribution in [3.63, 3.8) is 0 Å². The monoisotopic (exact) mass is 191 g/mol. The maximum atomic E-state index is 9.71. The molecule has 0 radical (unpaired) electrons. The second kappa shape index (κ2) is 3.62. The first kappa shape index (κ1) is 9.53. The Kier molecular flexibility index (Phi) is 2.46. The van der Waals surface area contributed by atoms with Crippen LogP contribution in [0.1, 0.15) is 30.6 Å². The van der Waals surface area contributed by atoms with E-state index in [1.807, 2.05) is 13.0 Å². The number of benzene rings is 1. The van der Waals surface area contributed by atoms with Gasteiger partial charge in [-0.3, -0.25) is 0 Å². The van der Waals surface area contributed by atoms with E-state index in [4.69, 9.17) is 0 Å². The van der Waals surface area contributed by atoms with Gasteiger partial charge >= 0.3 is 0 Å². The smallest absolute Gasteiger partial charge is 0.0787 e. The van der Waals surface area contributed by atoms with E-state index in [2.05, 4.69) is 24.1 Å². The molecule has 2 heteroatoms. The van der Waals surface area contributed by atoms with Crippen LogP contribution in [0.2, 0.25) is 0 Å². The second-order valence-electron chi connectivity index (χ2n) is 3.98. The molecule has 1 N–H and O–H groups in total. The average molecular weight is 191 g/mol. The van der Waals surface area contributed by atoms with Crippen molar-refractivity contribution >= 4 is 5.69 Å². The Bertz CT molecular complexity index is 335. The van der Waals surface area contributed by atoms with Gasteiger partial charge in [0.1, 0.15) is 0 Å². The van der Waals surface area contributed by atoms with Crippen LogP contribution < -0.4 is 4.90 Å². The Labute approximate surface area is 85.2 Å². The number of hydrogen-bond donors (Lipinski definition) is 1. The average Bonchev–Trinajstić information content (AvgIpc) is 2.59. The Balaban J connectivity index is 2.32. The van der Waals surface area contributed by atoms with Gasteiger partial charge in [-0.25, -0.2) is 0 Å². The Morgan fingerprint density at radius 3 is 3.00 bits per heavy atom. The van der Waals surface area contributed by atoms with Crippen molar-refractivity contribution in [3.8, 4) is 0 Å². The van der Waals surface area contributed by atoms with Gasteiger partial charge in [-0.1, -0.05) is 19.1 Å². The van der Waals surface area contributed by atoms with Crippen LogP contribution in [0.4, 0.5) is 5.69 Å². The van der Waals surface area contributed by atoms with Gasteiger partial charge in [-0.05, 0) is 30.0 Å². The first-order valence-electron chi connectivity index (χ1n) is 5.24. The molecule has 0 saturated heterocycles. The van der Waals surface area contributed by atoms with Crippen LogP contribution in [0.5, 0.6) is 0 Å².